The van der Waals surface area contributed by atoms with Crippen molar-refractivity contribution in [3.05, 3.63) is 23.1 Å². The van der Waals surface area contributed by atoms with E-state index in [1.165, 1.54) is 12.3 Å². The fraction of sp³-hybridized carbons (Fsp3) is 0.538. The number of halogens is 1. The van der Waals surface area contributed by atoms with E-state index >= 15 is 0 Å². The lowest BCUT2D eigenvalue weighted by Crippen LogP contribution is -2.47. The molecule has 5 nitrogen and oxygen atoms in total. The zero-order valence-electron chi connectivity index (χ0n) is 11.2. The Morgan fingerprint density at radius 1 is 1.60 bits per heavy atom. The Kier molecular flexibility index (Phi) is 5.37. The van der Waals surface area contributed by atoms with E-state index in [9.17, 15) is 9.59 Å². The molecule has 1 N–H and O–H groups in total. The van der Waals surface area contributed by atoms with Crippen molar-refractivity contribution in [2.75, 3.05) is 18.2 Å². The summed E-state index contributed by atoms with van der Waals surface area (Å²) in [6.07, 6.45) is 3.33. The number of furan rings is 1. The number of nitrogens with zero attached hydrogens (tertiary/aromatic N) is 1. The molecule has 1 aromatic rings. The second-order valence-electron chi connectivity index (χ2n) is 4.54. The zero-order chi connectivity index (χ0) is 14.5. The molecule has 0 aromatic carbocycles. The number of hydrogen-bond acceptors (Lipinski definition) is 4. The molecule has 7 heteroatoms. The Bertz CT molecular complexity index is 492. The lowest BCUT2D eigenvalue weighted by Gasteiger charge is -2.22. The number of thioether (sulfide) groups is 1. The summed E-state index contributed by atoms with van der Waals surface area (Å²) in [6.45, 7) is 2.71. The van der Waals surface area contributed by atoms with E-state index in [0.717, 1.165) is 12.8 Å². The molecule has 0 spiro atoms. The standard InChI is InChI=1S/C13H17ClN2O3S/c1-2-3-5-15-12(17)10-7-20-8-16(10)13(18)9-4-6-19-11(9)14/h4,6,10H,2-3,5,7-8H2,1H3,(H,15,17). The van der Waals surface area contributed by atoms with Gasteiger partial charge in [-0.3, -0.25) is 9.59 Å². The van der Waals surface area contributed by atoms with Crippen LogP contribution >= 0.6 is 23.4 Å². The van der Waals surface area contributed by atoms with Gasteiger partial charge in [0, 0.05) is 12.3 Å². The van der Waals surface area contributed by atoms with Crippen LogP contribution in [0.15, 0.2) is 16.7 Å². The third-order valence-electron chi connectivity index (χ3n) is 3.12. The molecule has 1 unspecified atom stereocenters. The van der Waals surface area contributed by atoms with Gasteiger partial charge in [0.05, 0.1) is 17.7 Å². The van der Waals surface area contributed by atoms with Crippen LogP contribution in [0.1, 0.15) is 30.1 Å². The van der Waals surface area contributed by atoms with Gasteiger partial charge in [0.1, 0.15) is 6.04 Å². The summed E-state index contributed by atoms with van der Waals surface area (Å²) in [6, 6.07) is 1.09. The van der Waals surface area contributed by atoms with E-state index in [4.69, 9.17) is 16.0 Å². The van der Waals surface area contributed by atoms with Crippen molar-refractivity contribution in [3.8, 4) is 0 Å². The molecule has 20 heavy (non-hydrogen) atoms. The number of rotatable bonds is 5. The average Bonchev–Trinajstić information content (AvgIpc) is 3.06. The summed E-state index contributed by atoms with van der Waals surface area (Å²) in [7, 11) is 0. The Morgan fingerprint density at radius 2 is 2.40 bits per heavy atom. The highest BCUT2D eigenvalue weighted by molar-refractivity contribution is 7.99. The van der Waals surface area contributed by atoms with Crippen molar-refractivity contribution in [1.82, 2.24) is 10.2 Å². The van der Waals surface area contributed by atoms with Crippen LogP contribution in [-0.4, -0.2) is 40.9 Å². The molecule has 1 aromatic heterocycles. The number of unbranched alkanes of at least 4 members (excludes halogenated alkanes) is 1. The van der Waals surface area contributed by atoms with Crippen molar-refractivity contribution < 1.29 is 14.0 Å². The van der Waals surface area contributed by atoms with Gasteiger partial charge in [0.2, 0.25) is 11.1 Å². The Morgan fingerprint density at radius 3 is 3.05 bits per heavy atom. The minimum Gasteiger partial charge on any atom is -0.452 e. The molecule has 0 saturated carbocycles. The quantitative estimate of drug-likeness (QED) is 0.847. The molecule has 1 aliphatic rings. The first kappa shape index (κ1) is 15.3. The summed E-state index contributed by atoms with van der Waals surface area (Å²) in [5, 5.41) is 2.93. The van der Waals surface area contributed by atoms with Crippen LogP contribution < -0.4 is 5.32 Å². The first-order valence-electron chi connectivity index (χ1n) is 6.54. The molecule has 0 radical (unpaired) electrons. The molecule has 1 atom stereocenters. The molecular formula is C13H17ClN2O3S. The molecule has 2 amide bonds. The van der Waals surface area contributed by atoms with Gasteiger partial charge in [-0.15, -0.1) is 11.8 Å². The maximum Gasteiger partial charge on any atom is 0.260 e. The van der Waals surface area contributed by atoms with Crippen LogP contribution in [0.25, 0.3) is 0 Å². The van der Waals surface area contributed by atoms with Crippen molar-refractivity contribution >= 4 is 35.2 Å². The predicted molar refractivity (Wildman–Crippen MR) is 78.9 cm³/mol. The smallest absolute Gasteiger partial charge is 0.260 e. The maximum atomic E-state index is 12.4. The van der Waals surface area contributed by atoms with Gasteiger partial charge in [-0.05, 0) is 24.1 Å². The fourth-order valence-electron chi connectivity index (χ4n) is 1.97. The number of carbonyl (C=O) groups is 2. The normalized spacial score (nSPS) is 18.3. The topological polar surface area (TPSA) is 62.6 Å². The number of nitrogens with one attached hydrogen (secondary N) is 1. The minimum atomic E-state index is -0.435. The molecule has 0 bridgehead atoms. The number of amides is 2. The Balaban J connectivity index is 2.02. The summed E-state index contributed by atoms with van der Waals surface area (Å²) < 4.78 is 4.93. The van der Waals surface area contributed by atoms with Crippen molar-refractivity contribution in [3.63, 3.8) is 0 Å². The highest BCUT2D eigenvalue weighted by Gasteiger charge is 2.36. The van der Waals surface area contributed by atoms with Gasteiger partial charge >= 0.3 is 0 Å². The van der Waals surface area contributed by atoms with Gasteiger partial charge in [0.25, 0.3) is 5.91 Å². The van der Waals surface area contributed by atoms with Crippen LogP contribution in [-0.2, 0) is 4.79 Å². The molecule has 1 saturated heterocycles. The van der Waals surface area contributed by atoms with Crippen molar-refractivity contribution in [2.45, 2.75) is 25.8 Å². The number of hydrogen-bond donors (Lipinski definition) is 1. The van der Waals surface area contributed by atoms with Crippen LogP contribution in [0.3, 0.4) is 0 Å². The van der Waals surface area contributed by atoms with Gasteiger partial charge in [-0.2, -0.15) is 0 Å². The molecular weight excluding hydrogens is 300 g/mol. The van der Waals surface area contributed by atoms with Gasteiger partial charge in [-0.1, -0.05) is 13.3 Å². The molecule has 1 aliphatic heterocycles. The van der Waals surface area contributed by atoms with Gasteiger partial charge in [-0.25, -0.2) is 0 Å². The SMILES string of the molecule is CCCCNC(=O)C1CSCN1C(=O)c1ccoc1Cl. The molecule has 0 aliphatic carbocycles. The van der Waals surface area contributed by atoms with Gasteiger partial charge < -0.3 is 14.6 Å². The Hall–Kier alpha value is -1.14. The van der Waals surface area contributed by atoms with Crippen molar-refractivity contribution in [2.24, 2.45) is 0 Å². The third-order valence-corrected chi connectivity index (χ3v) is 4.43. The van der Waals surface area contributed by atoms with E-state index in [-0.39, 0.29) is 17.0 Å². The van der Waals surface area contributed by atoms with E-state index < -0.39 is 6.04 Å². The van der Waals surface area contributed by atoms with Crippen LogP contribution in [0.2, 0.25) is 5.22 Å². The fourth-order valence-corrected chi connectivity index (χ4v) is 3.32. The first-order valence-corrected chi connectivity index (χ1v) is 8.07. The van der Waals surface area contributed by atoms with E-state index in [2.05, 4.69) is 12.2 Å². The second kappa shape index (κ2) is 7.04. The lowest BCUT2D eigenvalue weighted by molar-refractivity contribution is -0.124. The zero-order valence-corrected chi connectivity index (χ0v) is 12.8. The third kappa shape index (κ3) is 3.30. The number of carbonyl (C=O) groups excluding carboxylic acids is 2. The van der Waals surface area contributed by atoms with E-state index in [1.807, 2.05) is 0 Å². The van der Waals surface area contributed by atoms with Crippen LogP contribution in [0.4, 0.5) is 0 Å². The van der Waals surface area contributed by atoms with Crippen molar-refractivity contribution in [1.29, 1.82) is 0 Å². The molecule has 2 rings (SSSR count). The first-order chi connectivity index (χ1) is 9.65. The monoisotopic (exact) mass is 316 g/mol. The van der Waals surface area contributed by atoms with E-state index in [0.29, 0.717) is 23.7 Å². The highest BCUT2D eigenvalue weighted by Crippen LogP contribution is 2.26. The van der Waals surface area contributed by atoms with E-state index in [1.54, 1.807) is 16.7 Å². The van der Waals surface area contributed by atoms with Crippen LogP contribution in [0, 0.1) is 0 Å². The maximum absolute atomic E-state index is 12.4. The summed E-state index contributed by atoms with van der Waals surface area (Å²) in [5.41, 5.74) is 0.306. The Labute approximate surface area is 127 Å². The highest BCUT2D eigenvalue weighted by atomic mass is 35.5. The average molecular weight is 317 g/mol. The second-order valence-corrected chi connectivity index (χ2v) is 5.89. The molecule has 110 valence electrons. The van der Waals surface area contributed by atoms with Gasteiger partial charge in [0.15, 0.2) is 0 Å². The summed E-state index contributed by atoms with van der Waals surface area (Å²) >= 11 is 7.38. The minimum absolute atomic E-state index is 0.0667. The largest absolute Gasteiger partial charge is 0.452 e. The summed E-state index contributed by atoms with van der Waals surface area (Å²) in [4.78, 5) is 26.0. The summed E-state index contributed by atoms with van der Waals surface area (Å²) in [5.74, 6) is 0.742. The van der Waals surface area contributed by atoms with Crippen LogP contribution in [0.5, 0.6) is 0 Å². The molecule has 1 fully saturated rings. The predicted octanol–water partition coefficient (Wildman–Crippen LogP) is 2.36. The lowest BCUT2D eigenvalue weighted by atomic mass is 10.2. The molecule has 2 heterocycles.